The maximum absolute atomic E-state index is 14.0. The number of nitrogens with zero attached hydrogens (tertiary/aromatic N) is 3. The topological polar surface area (TPSA) is 47.4 Å². The first-order chi connectivity index (χ1) is 11.4. The predicted molar refractivity (Wildman–Crippen MR) is 83.6 cm³/mol. The lowest BCUT2D eigenvalue weighted by Crippen LogP contribution is -2.44. The number of ether oxygens (including phenoxy) is 1. The normalized spacial score (nSPS) is 18.0. The van der Waals surface area contributed by atoms with Crippen molar-refractivity contribution in [2.75, 3.05) is 19.8 Å². The Morgan fingerprint density at radius 3 is 2.75 bits per heavy atom. The number of hydrogen-bond acceptors (Lipinski definition) is 3. The van der Waals surface area contributed by atoms with Gasteiger partial charge in [0.05, 0.1) is 30.5 Å². The Bertz CT molecular complexity index is 788. The van der Waals surface area contributed by atoms with Gasteiger partial charge < -0.3 is 9.64 Å². The van der Waals surface area contributed by atoms with Gasteiger partial charge in [0, 0.05) is 24.8 Å². The molecular weight excluding hydrogens is 316 g/mol. The number of benzene rings is 1. The van der Waals surface area contributed by atoms with Gasteiger partial charge in [-0.3, -0.25) is 9.48 Å². The van der Waals surface area contributed by atoms with Crippen molar-refractivity contribution in [1.82, 2.24) is 14.7 Å². The van der Waals surface area contributed by atoms with Crippen LogP contribution in [0, 0.1) is 25.5 Å². The average molecular weight is 335 g/mol. The van der Waals surface area contributed by atoms with Gasteiger partial charge in [0.15, 0.2) is 11.6 Å². The molecule has 1 aromatic carbocycles. The van der Waals surface area contributed by atoms with E-state index in [1.54, 1.807) is 9.58 Å². The van der Waals surface area contributed by atoms with Crippen LogP contribution in [0.4, 0.5) is 8.78 Å². The maximum Gasteiger partial charge on any atom is 0.257 e. The number of rotatable bonds is 2. The maximum atomic E-state index is 14.0. The fourth-order valence-corrected chi connectivity index (χ4v) is 3.18. The Balaban J connectivity index is 2.01. The monoisotopic (exact) mass is 335 g/mol. The molecule has 7 heteroatoms. The van der Waals surface area contributed by atoms with E-state index >= 15 is 0 Å². The molecule has 2 aromatic rings. The van der Waals surface area contributed by atoms with Crippen LogP contribution in [0.5, 0.6) is 0 Å². The number of aryl methyl sites for hydroxylation is 2. The van der Waals surface area contributed by atoms with Crippen molar-refractivity contribution >= 4 is 5.91 Å². The van der Waals surface area contributed by atoms with Crippen molar-refractivity contribution in [2.45, 2.75) is 19.9 Å². The molecular formula is C17H19F2N3O2. The number of hydrogen-bond donors (Lipinski definition) is 0. The Kier molecular flexibility index (Phi) is 4.36. The van der Waals surface area contributed by atoms with E-state index in [9.17, 15) is 13.6 Å². The zero-order chi connectivity index (χ0) is 17.4. The van der Waals surface area contributed by atoms with Crippen molar-refractivity contribution in [3.05, 3.63) is 52.3 Å². The molecule has 0 saturated carbocycles. The number of morpholine rings is 1. The Morgan fingerprint density at radius 1 is 1.33 bits per heavy atom. The summed E-state index contributed by atoms with van der Waals surface area (Å²) in [6, 6.07) is 3.26. The summed E-state index contributed by atoms with van der Waals surface area (Å²) in [7, 11) is 1.83. The van der Waals surface area contributed by atoms with Crippen LogP contribution in [0.3, 0.4) is 0 Å². The standard InChI is InChI=1S/C17H19F2N3O2/c1-10-15(11(2)21(3)20-10)14-9-24-8-7-22(14)17(23)12-5-4-6-13(18)16(12)19/h4-6,14H,7-9H2,1-3H3/t14-/m1/s1. The molecule has 24 heavy (non-hydrogen) atoms. The van der Waals surface area contributed by atoms with E-state index in [2.05, 4.69) is 5.10 Å². The largest absolute Gasteiger partial charge is 0.377 e. The lowest BCUT2D eigenvalue weighted by atomic mass is 10.0. The van der Waals surface area contributed by atoms with E-state index in [1.807, 2.05) is 20.9 Å². The fraction of sp³-hybridized carbons (Fsp3) is 0.412. The lowest BCUT2D eigenvalue weighted by molar-refractivity contribution is -0.00332. The highest BCUT2D eigenvalue weighted by Gasteiger charge is 2.34. The molecule has 0 bridgehead atoms. The van der Waals surface area contributed by atoms with Gasteiger partial charge in [0.2, 0.25) is 0 Å². The summed E-state index contributed by atoms with van der Waals surface area (Å²) in [6.07, 6.45) is 0. The number of amides is 1. The number of aromatic nitrogens is 2. The third-order valence-electron chi connectivity index (χ3n) is 4.47. The van der Waals surface area contributed by atoms with Crippen LogP contribution >= 0.6 is 0 Å². The molecule has 0 unspecified atom stereocenters. The summed E-state index contributed by atoms with van der Waals surface area (Å²) in [4.78, 5) is 14.4. The van der Waals surface area contributed by atoms with E-state index in [4.69, 9.17) is 4.74 Å². The van der Waals surface area contributed by atoms with Crippen LogP contribution < -0.4 is 0 Å². The third-order valence-corrected chi connectivity index (χ3v) is 4.47. The van der Waals surface area contributed by atoms with Crippen LogP contribution in [0.2, 0.25) is 0 Å². The summed E-state index contributed by atoms with van der Waals surface area (Å²) in [5, 5.41) is 4.37. The first-order valence-corrected chi connectivity index (χ1v) is 7.74. The Morgan fingerprint density at radius 2 is 2.08 bits per heavy atom. The van der Waals surface area contributed by atoms with Crippen molar-refractivity contribution in [1.29, 1.82) is 0 Å². The molecule has 0 aliphatic carbocycles. The van der Waals surface area contributed by atoms with Crippen LogP contribution in [-0.2, 0) is 11.8 Å². The zero-order valence-electron chi connectivity index (χ0n) is 13.8. The number of carbonyl (C=O) groups is 1. The van der Waals surface area contributed by atoms with Crippen LogP contribution in [-0.4, -0.2) is 40.3 Å². The zero-order valence-corrected chi connectivity index (χ0v) is 13.8. The first-order valence-electron chi connectivity index (χ1n) is 7.74. The molecule has 0 spiro atoms. The molecule has 1 aromatic heterocycles. The van der Waals surface area contributed by atoms with Gasteiger partial charge in [-0.2, -0.15) is 5.10 Å². The highest BCUT2D eigenvalue weighted by Crippen LogP contribution is 2.31. The molecule has 1 atom stereocenters. The summed E-state index contributed by atoms with van der Waals surface area (Å²) in [5.74, 6) is -2.69. The molecule has 128 valence electrons. The molecule has 2 heterocycles. The van der Waals surface area contributed by atoms with Crippen LogP contribution in [0.15, 0.2) is 18.2 Å². The van der Waals surface area contributed by atoms with E-state index < -0.39 is 17.5 Å². The SMILES string of the molecule is Cc1nn(C)c(C)c1[C@H]1COCCN1C(=O)c1cccc(F)c1F. The summed E-state index contributed by atoms with van der Waals surface area (Å²) in [5.41, 5.74) is 2.34. The van der Waals surface area contributed by atoms with E-state index in [0.29, 0.717) is 19.8 Å². The van der Waals surface area contributed by atoms with Crippen molar-refractivity contribution in [3.63, 3.8) is 0 Å². The van der Waals surface area contributed by atoms with E-state index in [-0.39, 0.29) is 11.6 Å². The highest BCUT2D eigenvalue weighted by atomic mass is 19.2. The predicted octanol–water partition coefficient (Wildman–Crippen LogP) is 2.53. The highest BCUT2D eigenvalue weighted by molar-refractivity contribution is 5.95. The smallest absolute Gasteiger partial charge is 0.257 e. The van der Waals surface area contributed by atoms with Crippen molar-refractivity contribution < 1.29 is 18.3 Å². The molecule has 1 amide bonds. The fourth-order valence-electron chi connectivity index (χ4n) is 3.18. The minimum atomic E-state index is -1.12. The number of carbonyl (C=O) groups excluding carboxylic acids is 1. The average Bonchev–Trinajstić information content (AvgIpc) is 2.82. The van der Waals surface area contributed by atoms with Gasteiger partial charge in [-0.1, -0.05) is 6.07 Å². The van der Waals surface area contributed by atoms with Crippen molar-refractivity contribution in [2.24, 2.45) is 7.05 Å². The molecule has 3 rings (SSSR count). The summed E-state index contributed by atoms with van der Waals surface area (Å²) < 4.78 is 34.8. The second-order valence-electron chi connectivity index (χ2n) is 5.90. The molecule has 5 nitrogen and oxygen atoms in total. The summed E-state index contributed by atoms with van der Waals surface area (Å²) >= 11 is 0. The van der Waals surface area contributed by atoms with Gasteiger partial charge in [0.1, 0.15) is 0 Å². The lowest BCUT2D eigenvalue weighted by Gasteiger charge is -2.36. The van der Waals surface area contributed by atoms with Crippen LogP contribution in [0.1, 0.15) is 33.4 Å². The van der Waals surface area contributed by atoms with Gasteiger partial charge in [0.25, 0.3) is 5.91 Å². The minimum absolute atomic E-state index is 0.263. The van der Waals surface area contributed by atoms with Gasteiger partial charge in [-0.25, -0.2) is 8.78 Å². The molecule has 0 radical (unpaired) electrons. The Labute approximate surface area is 138 Å². The molecule has 1 aliphatic rings. The second kappa shape index (κ2) is 6.32. The Hall–Kier alpha value is -2.28. The van der Waals surface area contributed by atoms with Gasteiger partial charge in [-0.05, 0) is 26.0 Å². The van der Waals surface area contributed by atoms with Gasteiger partial charge in [-0.15, -0.1) is 0 Å². The minimum Gasteiger partial charge on any atom is -0.377 e. The van der Waals surface area contributed by atoms with E-state index in [0.717, 1.165) is 23.0 Å². The summed E-state index contributed by atoms with van der Waals surface area (Å²) in [6.45, 7) is 4.75. The number of halogens is 2. The molecule has 1 saturated heterocycles. The van der Waals surface area contributed by atoms with Gasteiger partial charge >= 0.3 is 0 Å². The molecule has 0 N–H and O–H groups in total. The first kappa shape index (κ1) is 16.6. The molecule has 1 fully saturated rings. The van der Waals surface area contributed by atoms with E-state index in [1.165, 1.54) is 12.1 Å². The third kappa shape index (κ3) is 2.69. The van der Waals surface area contributed by atoms with Crippen LogP contribution in [0.25, 0.3) is 0 Å². The second-order valence-corrected chi connectivity index (χ2v) is 5.90. The van der Waals surface area contributed by atoms with Crippen molar-refractivity contribution in [3.8, 4) is 0 Å². The molecule has 1 aliphatic heterocycles. The quantitative estimate of drug-likeness (QED) is 0.847.